The number of carbonyl (C=O) groups is 1. The summed E-state index contributed by atoms with van der Waals surface area (Å²) in [6.07, 6.45) is -5.85. The number of ketones is 1. The fourth-order valence-electron chi connectivity index (χ4n) is 0.873. The SMILES string of the molecule is Cc1cc(C(=O)C(F)(F)C(F)(F)F)cs1. The predicted octanol–water partition coefficient (Wildman–Crippen LogP) is 3.44. The van der Waals surface area contributed by atoms with Gasteiger partial charge in [-0.15, -0.1) is 11.3 Å². The van der Waals surface area contributed by atoms with Crippen LogP contribution < -0.4 is 0 Å². The quantitative estimate of drug-likeness (QED) is 0.575. The lowest BCUT2D eigenvalue weighted by Crippen LogP contribution is -2.43. The Morgan fingerprint density at radius 2 is 1.80 bits per heavy atom. The Kier molecular flexibility index (Phi) is 2.86. The highest BCUT2D eigenvalue weighted by molar-refractivity contribution is 7.10. The maximum atomic E-state index is 12.5. The normalized spacial score (nSPS) is 12.9. The van der Waals surface area contributed by atoms with Crippen molar-refractivity contribution in [2.45, 2.75) is 19.0 Å². The van der Waals surface area contributed by atoms with Crippen molar-refractivity contribution in [3.05, 3.63) is 21.9 Å². The Hall–Kier alpha value is -0.980. The molecule has 0 unspecified atom stereocenters. The third-order valence-electron chi connectivity index (χ3n) is 1.63. The lowest BCUT2D eigenvalue weighted by molar-refractivity contribution is -0.255. The highest BCUT2D eigenvalue weighted by Crippen LogP contribution is 2.38. The average Bonchev–Trinajstić information content (AvgIpc) is 2.48. The summed E-state index contributed by atoms with van der Waals surface area (Å²) in [4.78, 5) is 11.4. The number of aryl methyl sites for hydroxylation is 1. The van der Waals surface area contributed by atoms with E-state index >= 15 is 0 Å². The summed E-state index contributed by atoms with van der Waals surface area (Å²) in [7, 11) is 0. The van der Waals surface area contributed by atoms with Gasteiger partial charge in [-0.3, -0.25) is 4.79 Å². The summed E-state index contributed by atoms with van der Waals surface area (Å²) in [5.41, 5.74) is -0.611. The van der Waals surface area contributed by atoms with Crippen molar-refractivity contribution < 1.29 is 26.7 Å². The molecule has 0 atom stereocenters. The molecule has 0 radical (unpaired) electrons. The summed E-state index contributed by atoms with van der Waals surface area (Å²) in [6.45, 7) is 1.51. The van der Waals surface area contributed by atoms with E-state index in [2.05, 4.69) is 0 Å². The average molecular weight is 244 g/mol. The van der Waals surface area contributed by atoms with E-state index in [-0.39, 0.29) is 0 Å². The van der Waals surface area contributed by atoms with E-state index in [0.717, 1.165) is 22.8 Å². The lowest BCUT2D eigenvalue weighted by atomic mass is 10.1. The highest BCUT2D eigenvalue weighted by atomic mass is 32.1. The van der Waals surface area contributed by atoms with E-state index in [1.165, 1.54) is 6.92 Å². The van der Waals surface area contributed by atoms with E-state index < -0.39 is 23.4 Å². The second-order valence-electron chi connectivity index (χ2n) is 2.85. The first-order chi connectivity index (χ1) is 6.66. The van der Waals surface area contributed by atoms with Crippen LogP contribution in [0.5, 0.6) is 0 Å². The molecule has 0 bridgehead atoms. The van der Waals surface area contributed by atoms with Gasteiger partial charge in [0.25, 0.3) is 0 Å². The second kappa shape index (κ2) is 3.55. The number of rotatable bonds is 2. The number of hydrogen-bond acceptors (Lipinski definition) is 2. The van der Waals surface area contributed by atoms with Crippen molar-refractivity contribution >= 4 is 17.1 Å². The fraction of sp³-hybridized carbons (Fsp3) is 0.375. The Labute approximate surface area is 85.5 Å². The number of alkyl halides is 5. The molecule has 7 heteroatoms. The van der Waals surface area contributed by atoms with Gasteiger partial charge >= 0.3 is 12.1 Å². The summed E-state index contributed by atoms with van der Waals surface area (Å²) in [5.74, 6) is -7.53. The van der Waals surface area contributed by atoms with Crippen molar-refractivity contribution in [1.29, 1.82) is 0 Å². The minimum Gasteiger partial charge on any atom is -0.287 e. The molecule has 0 spiro atoms. The number of hydrogen-bond donors (Lipinski definition) is 0. The first-order valence-corrected chi connectivity index (χ1v) is 4.58. The summed E-state index contributed by atoms with van der Waals surface area (Å²) in [5, 5.41) is 0.983. The zero-order valence-electron chi connectivity index (χ0n) is 7.36. The summed E-state index contributed by atoms with van der Waals surface area (Å²) in [6, 6.07) is 1.01. The van der Waals surface area contributed by atoms with Gasteiger partial charge in [-0.25, -0.2) is 0 Å². The number of thiophene rings is 1. The molecule has 0 saturated carbocycles. The molecule has 0 saturated heterocycles. The zero-order valence-corrected chi connectivity index (χ0v) is 8.18. The van der Waals surface area contributed by atoms with Crippen LogP contribution in [0.25, 0.3) is 0 Å². The van der Waals surface area contributed by atoms with Crippen LogP contribution >= 0.6 is 11.3 Å². The van der Waals surface area contributed by atoms with Crippen LogP contribution in [0.1, 0.15) is 15.2 Å². The molecule has 1 aromatic heterocycles. The Morgan fingerprint density at radius 3 is 2.13 bits per heavy atom. The summed E-state index contributed by atoms with van der Waals surface area (Å²) < 4.78 is 60.5. The van der Waals surface area contributed by atoms with Crippen molar-refractivity contribution in [2.24, 2.45) is 0 Å². The molecule has 0 amide bonds. The zero-order chi connectivity index (χ0) is 11.9. The van der Waals surface area contributed by atoms with Crippen molar-refractivity contribution in [2.75, 3.05) is 0 Å². The first kappa shape index (κ1) is 12.1. The van der Waals surface area contributed by atoms with Gasteiger partial charge in [0, 0.05) is 15.8 Å². The number of Topliss-reactive ketones (excluding diaryl/α,β-unsaturated/α-hetero) is 1. The van der Waals surface area contributed by atoms with Gasteiger partial charge in [0.2, 0.25) is 5.78 Å². The first-order valence-electron chi connectivity index (χ1n) is 3.70. The number of halogens is 5. The van der Waals surface area contributed by atoms with Crippen molar-refractivity contribution in [3.8, 4) is 0 Å². The molecule has 84 valence electrons. The number of carbonyl (C=O) groups excluding carboxylic acids is 1. The van der Waals surface area contributed by atoms with Crippen LogP contribution in [0.4, 0.5) is 22.0 Å². The van der Waals surface area contributed by atoms with Gasteiger partial charge in [0.1, 0.15) is 0 Å². The van der Waals surface area contributed by atoms with Gasteiger partial charge in [-0.1, -0.05) is 0 Å². The topological polar surface area (TPSA) is 17.1 Å². The molecule has 1 heterocycles. The molecule has 0 aliphatic rings. The van der Waals surface area contributed by atoms with Crippen LogP contribution in [-0.4, -0.2) is 17.9 Å². The molecule has 0 aliphatic carbocycles. The van der Waals surface area contributed by atoms with E-state index in [4.69, 9.17) is 0 Å². The minimum absolute atomic E-state index is 0.497. The molecule has 1 aromatic rings. The van der Waals surface area contributed by atoms with Gasteiger partial charge in [0.05, 0.1) is 0 Å². The summed E-state index contributed by atoms with van der Waals surface area (Å²) >= 11 is 0.938. The maximum Gasteiger partial charge on any atom is 0.461 e. The third kappa shape index (κ3) is 2.17. The lowest BCUT2D eigenvalue weighted by Gasteiger charge is -2.17. The van der Waals surface area contributed by atoms with Crippen molar-refractivity contribution in [3.63, 3.8) is 0 Å². The molecule has 15 heavy (non-hydrogen) atoms. The van der Waals surface area contributed by atoms with E-state index in [1.807, 2.05) is 0 Å². The maximum absolute atomic E-state index is 12.5. The van der Waals surface area contributed by atoms with Crippen LogP contribution in [-0.2, 0) is 0 Å². The van der Waals surface area contributed by atoms with Gasteiger partial charge in [-0.05, 0) is 13.0 Å². The van der Waals surface area contributed by atoms with Crippen LogP contribution in [0.3, 0.4) is 0 Å². The van der Waals surface area contributed by atoms with Crippen LogP contribution in [0, 0.1) is 6.92 Å². The van der Waals surface area contributed by atoms with Gasteiger partial charge in [0.15, 0.2) is 0 Å². The van der Waals surface area contributed by atoms with E-state index in [9.17, 15) is 26.7 Å². The van der Waals surface area contributed by atoms with Crippen molar-refractivity contribution in [1.82, 2.24) is 0 Å². The fourth-order valence-corrected chi connectivity index (χ4v) is 1.56. The molecular weight excluding hydrogens is 239 g/mol. The third-order valence-corrected chi connectivity index (χ3v) is 2.50. The monoisotopic (exact) mass is 244 g/mol. The second-order valence-corrected chi connectivity index (χ2v) is 3.96. The largest absolute Gasteiger partial charge is 0.461 e. The van der Waals surface area contributed by atoms with E-state index in [0.29, 0.717) is 4.88 Å². The molecule has 0 aromatic carbocycles. The van der Waals surface area contributed by atoms with Gasteiger partial charge in [-0.2, -0.15) is 22.0 Å². The molecule has 0 fully saturated rings. The molecule has 1 rings (SSSR count). The molecule has 0 aliphatic heterocycles. The molecule has 1 nitrogen and oxygen atoms in total. The minimum atomic E-state index is -5.85. The molecular formula is C8H5F5OS. The Balaban J connectivity index is 3.05. The van der Waals surface area contributed by atoms with E-state index in [1.54, 1.807) is 0 Å². The van der Waals surface area contributed by atoms with Gasteiger partial charge < -0.3 is 0 Å². The smallest absolute Gasteiger partial charge is 0.287 e. The van der Waals surface area contributed by atoms with Crippen LogP contribution in [0.2, 0.25) is 0 Å². The van der Waals surface area contributed by atoms with Crippen LogP contribution in [0.15, 0.2) is 11.4 Å². The Morgan fingerprint density at radius 1 is 1.27 bits per heavy atom. The molecule has 0 N–H and O–H groups in total. The highest BCUT2D eigenvalue weighted by Gasteiger charge is 2.63. The predicted molar refractivity (Wildman–Crippen MR) is 44.4 cm³/mol. The standard InChI is InChI=1S/C8H5F5OS/c1-4-2-5(3-15-4)6(14)7(9,10)8(11,12)13/h2-3H,1H3. The Bertz CT molecular complexity index is 379.